The van der Waals surface area contributed by atoms with Crippen LogP contribution in [0.1, 0.15) is 13.8 Å². The molecule has 52 valence electrons. The fraction of sp³-hybridized carbons (Fsp3) is 1.00. The van der Waals surface area contributed by atoms with E-state index in [2.05, 4.69) is 4.52 Å². The third-order valence-corrected chi connectivity index (χ3v) is 1.22. The molecule has 0 saturated heterocycles. The van der Waals surface area contributed by atoms with Gasteiger partial charge in [0.25, 0.3) is 0 Å². The molecule has 1 atom stereocenters. The van der Waals surface area contributed by atoms with Gasteiger partial charge in [-0.25, -0.2) is 0 Å². The van der Waals surface area contributed by atoms with E-state index in [4.69, 9.17) is 4.89 Å². The largest absolute Gasteiger partial charge is 0.325 e. The van der Waals surface area contributed by atoms with Gasteiger partial charge >= 0.3 is 7.60 Å². The third kappa shape index (κ3) is 12.1. The van der Waals surface area contributed by atoms with Gasteiger partial charge in [-0.2, -0.15) is 0 Å². The molecule has 0 spiro atoms. The zero-order chi connectivity index (χ0) is 6.78. The number of rotatable bonds is 2. The Morgan fingerprint density at radius 3 is 1.89 bits per heavy atom. The first-order chi connectivity index (χ1) is 3.42. The van der Waals surface area contributed by atoms with Crippen LogP contribution in [-0.2, 0) is 28.6 Å². The average Bonchev–Trinajstić information content (AvgIpc) is 1.21. The summed E-state index contributed by atoms with van der Waals surface area (Å²) in [5.74, 6) is 0. The van der Waals surface area contributed by atoms with Crippen LogP contribution in [0.4, 0.5) is 0 Å². The summed E-state index contributed by atoms with van der Waals surface area (Å²) < 4.78 is 14.9. The summed E-state index contributed by atoms with van der Waals surface area (Å²) in [5, 5.41) is 0. The molecule has 1 unspecified atom stereocenters. The van der Waals surface area contributed by atoms with Crippen LogP contribution in [0.25, 0.3) is 0 Å². The Hall–Kier alpha value is 0.773. The van der Waals surface area contributed by atoms with Gasteiger partial charge < -0.3 is 9.42 Å². The molecule has 0 aromatic rings. The van der Waals surface area contributed by atoms with E-state index in [0.717, 1.165) is 0 Å². The minimum atomic E-state index is -3.22. The van der Waals surface area contributed by atoms with Gasteiger partial charge in [0, 0.05) is 26.1 Å². The van der Waals surface area contributed by atoms with E-state index in [1.165, 1.54) is 6.66 Å². The average molecular weight is 203 g/mol. The Bertz CT molecular complexity index is 108. The Kier molecular flexibility index (Phi) is 6.32. The second-order valence-electron chi connectivity index (χ2n) is 1.96. The molecule has 5 heteroatoms. The first kappa shape index (κ1) is 12.4. The third-order valence-electron chi connectivity index (χ3n) is 0.406. The molecule has 0 aliphatic carbocycles. The molecule has 0 aliphatic heterocycles. The van der Waals surface area contributed by atoms with Gasteiger partial charge in [-0.05, 0) is 13.8 Å². The molecule has 0 rings (SSSR count). The van der Waals surface area contributed by atoms with Crippen LogP contribution in [-0.4, -0.2) is 17.7 Å². The van der Waals surface area contributed by atoms with Gasteiger partial charge in [0.05, 0.1) is 6.10 Å². The van der Waals surface area contributed by atoms with Crippen molar-refractivity contribution >= 4 is 7.60 Å². The molecule has 0 amide bonds. The molecular formula is C4H11O3PZn. The maximum Gasteiger partial charge on any atom is 0.325 e. The van der Waals surface area contributed by atoms with E-state index in [9.17, 15) is 4.57 Å². The summed E-state index contributed by atoms with van der Waals surface area (Å²) in [5.41, 5.74) is 0. The van der Waals surface area contributed by atoms with Crippen LogP contribution < -0.4 is 0 Å². The van der Waals surface area contributed by atoms with Crippen molar-refractivity contribution in [3.05, 3.63) is 0 Å². The van der Waals surface area contributed by atoms with Crippen LogP contribution in [0.3, 0.4) is 0 Å². The minimum absolute atomic E-state index is 0. The minimum Gasteiger partial charge on any atom is -0.324 e. The van der Waals surface area contributed by atoms with Crippen molar-refractivity contribution in [2.75, 3.05) is 6.66 Å². The zero-order valence-corrected chi connectivity index (χ0v) is 9.86. The topological polar surface area (TPSA) is 46.5 Å². The second-order valence-corrected chi connectivity index (χ2v) is 3.77. The molecule has 0 aromatic carbocycles. The van der Waals surface area contributed by atoms with Crippen molar-refractivity contribution < 1.29 is 33.5 Å². The van der Waals surface area contributed by atoms with Crippen LogP contribution in [0.15, 0.2) is 0 Å². The van der Waals surface area contributed by atoms with Crippen molar-refractivity contribution in [3.63, 3.8) is 0 Å². The van der Waals surface area contributed by atoms with E-state index < -0.39 is 7.60 Å². The van der Waals surface area contributed by atoms with E-state index in [0.29, 0.717) is 0 Å². The molecule has 9 heavy (non-hydrogen) atoms. The maximum absolute atomic E-state index is 10.4. The van der Waals surface area contributed by atoms with Crippen molar-refractivity contribution in [2.45, 2.75) is 20.0 Å². The van der Waals surface area contributed by atoms with Crippen molar-refractivity contribution in [1.29, 1.82) is 0 Å². The summed E-state index contributed by atoms with van der Waals surface area (Å²) in [6, 6.07) is 0. The number of hydrogen-bond acceptors (Lipinski definition) is 2. The summed E-state index contributed by atoms with van der Waals surface area (Å²) in [4.78, 5) is 8.52. The molecule has 0 radical (unpaired) electrons. The molecule has 0 bridgehead atoms. The van der Waals surface area contributed by atoms with Gasteiger partial charge in [0.1, 0.15) is 0 Å². The normalized spacial score (nSPS) is 16.6. The van der Waals surface area contributed by atoms with Crippen LogP contribution in [0, 0.1) is 0 Å². The van der Waals surface area contributed by atoms with E-state index in [-0.39, 0.29) is 25.6 Å². The van der Waals surface area contributed by atoms with Gasteiger partial charge in [0.2, 0.25) is 0 Å². The molecule has 1 N–H and O–H groups in total. The smallest absolute Gasteiger partial charge is 0.324 e. The molecule has 3 nitrogen and oxygen atoms in total. The van der Waals surface area contributed by atoms with Gasteiger partial charge in [-0.15, -0.1) is 0 Å². The van der Waals surface area contributed by atoms with Crippen molar-refractivity contribution in [2.24, 2.45) is 0 Å². The maximum atomic E-state index is 10.4. The predicted octanol–water partition coefficient (Wildman–Crippen LogP) is 1.22. The van der Waals surface area contributed by atoms with Gasteiger partial charge in [0.15, 0.2) is 0 Å². The monoisotopic (exact) mass is 202 g/mol. The Balaban J connectivity index is 0. The first-order valence-corrected chi connectivity index (χ1v) is 4.43. The second kappa shape index (κ2) is 4.57. The van der Waals surface area contributed by atoms with Gasteiger partial charge in [-0.3, -0.25) is 4.57 Å². The quantitative estimate of drug-likeness (QED) is 0.542. The Morgan fingerprint density at radius 1 is 1.56 bits per heavy atom. The fourth-order valence-electron chi connectivity index (χ4n) is 0.391. The molecule has 0 aliphatic rings. The molecule has 0 saturated carbocycles. The molecule has 0 aromatic heterocycles. The van der Waals surface area contributed by atoms with Crippen LogP contribution in [0.5, 0.6) is 0 Å². The van der Waals surface area contributed by atoms with E-state index >= 15 is 0 Å². The summed E-state index contributed by atoms with van der Waals surface area (Å²) in [6.45, 7) is 4.60. The summed E-state index contributed by atoms with van der Waals surface area (Å²) in [7, 11) is -3.22. The predicted molar refractivity (Wildman–Crippen MR) is 32.0 cm³/mol. The van der Waals surface area contributed by atoms with Crippen molar-refractivity contribution in [1.82, 2.24) is 0 Å². The SMILES string of the molecule is CC(C)OP(C)(=O)O.[Zn]. The van der Waals surface area contributed by atoms with Crippen LogP contribution >= 0.6 is 7.60 Å². The summed E-state index contributed by atoms with van der Waals surface area (Å²) >= 11 is 0. The first-order valence-electron chi connectivity index (χ1n) is 2.40. The Morgan fingerprint density at radius 2 is 1.89 bits per heavy atom. The zero-order valence-electron chi connectivity index (χ0n) is 6.00. The van der Waals surface area contributed by atoms with Crippen molar-refractivity contribution in [3.8, 4) is 0 Å². The Labute approximate surface area is 68.1 Å². The molecular weight excluding hydrogens is 192 g/mol. The number of hydrogen-bond donors (Lipinski definition) is 1. The molecule has 0 heterocycles. The van der Waals surface area contributed by atoms with Crippen LogP contribution in [0.2, 0.25) is 0 Å². The fourth-order valence-corrected chi connectivity index (χ4v) is 1.17. The standard InChI is InChI=1S/C4H11O3P.Zn/c1-4(2)7-8(3,5)6;/h4H,1-3H3,(H,5,6);. The summed E-state index contributed by atoms with van der Waals surface area (Å²) in [6.07, 6.45) is -0.171. The van der Waals surface area contributed by atoms with E-state index in [1.807, 2.05) is 0 Å². The van der Waals surface area contributed by atoms with Gasteiger partial charge in [-0.1, -0.05) is 0 Å². The molecule has 0 fully saturated rings. The van der Waals surface area contributed by atoms with E-state index in [1.54, 1.807) is 13.8 Å².